The van der Waals surface area contributed by atoms with E-state index in [9.17, 15) is 0 Å². The standard InChI is InChI=1S/C13H18Br2O/c1-16-13(8-7-11(9-14)10-15)12-5-3-2-4-6-12/h2-6,11,13H,7-10H2,1H3. The minimum Gasteiger partial charge on any atom is -0.377 e. The molecule has 3 heteroatoms. The Morgan fingerprint density at radius 3 is 2.19 bits per heavy atom. The lowest BCUT2D eigenvalue weighted by Crippen LogP contribution is -2.08. The van der Waals surface area contributed by atoms with Crippen LogP contribution in [0, 0.1) is 5.92 Å². The smallest absolute Gasteiger partial charge is 0.0821 e. The molecule has 0 bridgehead atoms. The van der Waals surface area contributed by atoms with Crippen LogP contribution in [0.15, 0.2) is 30.3 Å². The molecule has 0 radical (unpaired) electrons. The molecule has 0 aromatic heterocycles. The minimum atomic E-state index is 0.224. The van der Waals surface area contributed by atoms with E-state index >= 15 is 0 Å². The van der Waals surface area contributed by atoms with Gasteiger partial charge < -0.3 is 4.74 Å². The van der Waals surface area contributed by atoms with E-state index in [0.717, 1.165) is 17.1 Å². The second kappa shape index (κ2) is 8.26. The van der Waals surface area contributed by atoms with E-state index in [0.29, 0.717) is 5.92 Å². The summed E-state index contributed by atoms with van der Waals surface area (Å²) < 4.78 is 5.55. The molecule has 0 saturated heterocycles. The van der Waals surface area contributed by atoms with Gasteiger partial charge >= 0.3 is 0 Å². The van der Waals surface area contributed by atoms with Crippen LogP contribution in [0.5, 0.6) is 0 Å². The van der Waals surface area contributed by atoms with Crippen LogP contribution in [0.4, 0.5) is 0 Å². The Balaban J connectivity index is 2.50. The second-order valence-electron chi connectivity index (χ2n) is 3.89. The van der Waals surface area contributed by atoms with Crippen LogP contribution in [0.3, 0.4) is 0 Å². The average molecular weight is 350 g/mol. The van der Waals surface area contributed by atoms with E-state index in [1.807, 2.05) is 6.07 Å². The Morgan fingerprint density at radius 1 is 1.06 bits per heavy atom. The SMILES string of the molecule is COC(CCC(CBr)CBr)c1ccccc1. The first-order valence-corrected chi connectivity index (χ1v) is 7.75. The predicted octanol–water partition coefficient (Wildman–Crippen LogP) is 4.56. The van der Waals surface area contributed by atoms with Crippen molar-refractivity contribution in [2.75, 3.05) is 17.8 Å². The van der Waals surface area contributed by atoms with Crippen LogP contribution in [-0.4, -0.2) is 17.8 Å². The quantitative estimate of drug-likeness (QED) is 0.655. The van der Waals surface area contributed by atoms with Gasteiger partial charge in [-0.3, -0.25) is 0 Å². The number of hydrogen-bond acceptors (Lipinski definition) is 1. The van der Waals surface area contributed by atoms with Crippen molar-refractivity contribution in [3.8, 4) is 0 Å². The molecule has 1 aromatic carbocycles. The zero-order chi connectivity index (χ0) is 11.8. The van der Waals surface area contributed by atoms with Gasteiger partial charge in [0.15, 0.2) is 0 Å². The fourth-order valence-electron chi connectivity index (χ4n) is 1.67. The van der Waals surface area contributed by atoms with Gasteiger partial charge in [0.1, 0.15) is 0 Å². The lowest BCUT2D eigenvalue weighted by atomic mass is 10.00. The zero-order valence-electron chi connectivity index (χ0n) is 9.53. The van der Waals surface area contributed by atoms with E-state index < -0.39 is 0 Å². The monoisotopic (exact) mass is 348 g/mol. The number of rotatable bonds is 7. The van der Waals surface area contributed by atoms with Crippen LogP contribution < -0.4 is 0 Å². The summed E-state index contributed by atoms with van der Waals surface area (Å²) in [7, 11) is 1.79. The first-order valence-electron chi connectivity index (χ1n) is 5.51. The van der Waals surface area contributed by atoms with Crippen LogP contribution in [0.2, 0.25) is 0 Å². The van der Waals surface area contributed by atoms with Gasteiger partial charge in [-0.2, -0.15) is 0 Å². The molecule has 1 rings (SSSR count). The predicted molar refractivity (Wildman–Crippen MR) is 76.5 cm³/mol. The van der Waals surface area contributed by atoms with E-state index in [1.165, 1.54) is 12.0 Å². The molecule has 1 atom stereocenters. The first kappa shape index (κ1) is 14.2. The molecule has 0 saturated carbocycles. The van der Waals surface area contributed by atoms with E-state index in [-0.39, 0.29) is 6.10 Å². The van der Waals surface area contributed by atoms with Crippen molar-refractivity contribution < 1.29 is 4.74 Å². The van der Waals surface area contributed by atoms with Gasteiger partial charge in [0.25, 0.3) is 0 Å². The van der Waals surface area contributed by atoms with Gasteiger partial charge in [0.2, 0.25) is 0 Å². The molecule has 1 unspecified atom stereocenters. The Morgan fingerprint density at radius 2 is 1.69 bits per heavy atom. The normalized spacial score (nSPS) is 13.0. The van der Waals surface area contributed by atoms with Gasteiger partial charge in [-0.25, -0.2) is 0 Å². The Kier molecular flexibility index (Phi) is 7.33. The third-order valence-electron chi connectivity index (χ3n) is 2.73. The fourth-order valence-corrected chi connectivity index (χ4v) is 3.39. The van der Waals surface area contributed by atoms with Gasteiger partial charge in [-0.1, -0.05) is 62.2 Å². The molecule has 1 nitrogen and oxygen atoms in total. The molecule has 90 valence electrons. The summed E-state index contributed by atoms with van der Waals surface area (Å²) in [5, 5.41) is 2.09. The summed E-state index contributed by atoms with van der Waals surface area (Å²) >= 11 is 7.07. The van der Waals surface area contributed by atoms with Crippen molar-refractivity contribution in [2.45, 2.75) is 18.9 Å². The highest BCUT2D eigenvalue weighted by atomic mass is 79.9. The average Bonchev–Trinajstić information content (AvgIpc) is 2.36. The molecule has 16 heavy (non-hydrogen) atoms. The fraction of sp³-hybridized carbons (Fsp3) is 0.538. The minimum absolute atomic E-state index is 0.224. The molecule has 0 spiro atoms. The first-order chi connectivity index (χ1) is 7.81. The van der Waals surface area contributed by atoms with Crippen molar-refractivity contribution in [1.82, 2.24) is 0 Å². The van der Waals surface area contributed by atoms with Crippen molar-refractivity contribution in [3.63, 3.8) is 0 Å². The number of hydrogen-bond donors (Lipinski definition) is 0. The molecule has 0 heterocycles. The third kappa shape index (κ3) is 4.56. The summed E-state index contributed by atoms with van der Waals surface area (Å²) in [4.78, 5) is 0. The molecule has 0 aliphatic heterocycles. The van der Waals surface area contributed by atoms with E-state index in [4.69, 9.17) is 4.74 Å². The van der Waals surface area contributed by atoms with Crippen molar-refractivity contribution in [1.29, 1.82) is 0 Å². The molecule has 0 fully saturated rings. The topological polar surface area (TPSA) is 9.23 Å². The summed E-state index contributed by atoms with van der Waals surface area (Å²) in [5.41, 5.74) is 1.27. The van der Waals surface area contributed by atoms with Crippen molar-refractivity contribution in [2.24, 2.45) is 5.92 Å². The number of benzene rings is 1. The largest absolute Gasteiger partial charge is 0.377 e. The van der Waals surface area contributed by atoms with Gasteiger partial charge in [0, 0.05) is 17.8 Å². The van der Waals surface area contributed by atoms with Crippen LogP contribution in [-0.2, 0) is 4.74 Å². The van der Waals surface area contributed by atoms with E-state index in [2.05, 4.69) is 56.1 Å². The van der Waals surface area contributed by atoms with E-state index in [1.54, 1.807) is 7.11 Å². The van der Waals surface area contributed by atoms with Crippen LogP contribution in [0.25, 0.3) is 0 Å². The van der Waals surface area contributed by atoms with Gasteiger partial charge in [0.05, 0.1) is 6.10 Å². The summed E-state index contributed by atoms with van der Waals surface area (Å²) in [6.07, 6.45) is 2.47. The second-order valence-corrected chi connectivity index (χ2v) is 5.18. The Bertz CT molecular complexity index is 273. The Hall–Kier alpha value is 0.140. The highest BCUT2D eigenvalue weighted by Gasteiger charge is 2.13. The summed E-state index contributed by atoms with van der Waals surface area (Å²) in [6.45, 7) is 0. The van der Waals surface area contributed by atoms with Crippen LogP contribution in [0.1, 0.15) is 24.5 Å². The lowest BCUT2D eigenvalue weighted by molar-refractivity contribution is 0.0909. The van der Waals surface area contributed by atoms with Crippen molar-refractivity contribution >= 4 is 31.9 Å². The number of methoxy groups -OCH3 is 1. The molecule has 0 amide bonds. The summed E-state index contributed by atoms with van der Waals surface area (Å²) in [6, 6.07) is 10.4. The summed E-state index contributed by atoms with van der Waals surface area (Å²) in [5.74, 6) is 0.682. The zero-order valence-corrected chi connectivity index (χ0v) is 12.7. The molecular weight excluding hydrogens is 332 g/mol. The lowest BCUT2D eigenvalue weighted by Gasteiger charge is -2.18. The maximum absolute atomic E-state index is 5.55. The highest BCUT2D eigenvalue weighted by molar-refractivity contribution is 9.09. The molecule has 1 aromatic rings. The molecular formula is C13H18Br2O. The molecule has 0 aliphatic carbocycles. The van der Waals surface area contributed by atoms with Crippen LogP contribution >= 0.6 is 31.9 Å². The molecule has 0 aliphatic rings. The number of halogens is 2. The van der Waals surface area contributed by atoms with Crippen molar-refractivity contribution in [3.05, 3.63) is 35.9 Å². The molecule has 0 N–H and O–H groups in total. The number of ether oxygens (including phenoxy) is 1. The Labute approximate surface area is 115 Å². The highest BCUT2D eigenvalue weighted by Crippen LogP contribution is 2.25. The maximum Gasteiger partial charge on any atom is 0.0821 e. The third-order valence-corrected chi connectivity index (χ3v) is 4.56. The number of alkyl halides is 2. The van der Waals surface area contributed by atoms with Gasteiger partial charge in [-0.05, 0) is 24.3 Å². The maximum atomic E-state index is 5.55. The van der Waals surface area contributed by atoms with Gasteiger partial charge in [-0.15, -0.1) is 0 Å².